The molecular weight excluding hydrogens is 252 g/mol. The zero-order valence-corrected chi connectivity index (χ0v) is 10.8. The summed E-state index contributed by atoms with van der Waals surface area (Å²) in [6, 6.07) is 2.35. The number of ether oxygens (including phenoxy) is 1. The monoisotopic (exact) mass is 269 g/mol. The van der Waals surface area contributed by atoms with Crippen LogP contribution in [0.15, 0.2) is 23.8 Å². The lowest BCUT2D eigenvalue weighted by molar-refractivity contribution is 0.222. The molecule has 1 aromatic rings. The first-order valence-electron chi connectivity index (χ1n) is 6.16. The van der Waals surface area contributed by atoms with Crippen LogP contribution in [0, 0.1) is 11.6 Å². The highest BCUT2D eigenvalue weighted by molar-refractivity contribution is 5.52. The SMILES string of the molecule is COCC1=CCN(c2c(F)cc(CO)cc2F)CC1. The molecule has 0 aliphatic carbocycles. The molecule has 0 spiro atoms. The smallest absolute Gasteiger partial charge is 0.149 e. The van der Waals surface area contributed by atoms with Crippen molar-refractivity contribution in [3.63, 3.8) is 0 Å². The summed E-state index contributed by atoms with van der Waals surface area (Å²) in [5.74, 6) is -1.26. The van der Waals surface area contributed by atoms with Gasteiger partial charge in [0.1, 0.15) is 17.3 Å². The molecule has 1 aliphatic heterocycles. The maximum atomic E-state index is 13.9. The summed E-state index contributed by atoms with van der Waals surface area (Å²) in [4.78, 5) is 1.66. The number of nitrogens with zero attached hydrogens (tertiary/aromatic N) is 1. The molecule has 0 radical (unpaired) electrons. The first kappa shape index (κ1) is 14.0. The van der Waals surface area contributed by atoms with Gasteiger partial charge in [-0.05, 0) is 29.7 Å². The van der Waals surface area contributed by atoms with E-state index in [1.54, 1.807) is 12.0 Å². The summed E-state index contributed by atoms with van der Waals surface area (Å²) in [5.41, 5.74) is 1.36. The fourth-order valence-corrected chi connectivity index (χ4v) is 2.24. The summed E-state index contributed by atoms with van der Waals surface area (Å²) in [7, 11) is 1.63. The van der Waals surface area contributed by atoms with Gasteiger partial charge in [-0.1, -0.05) is 6.08 Å². The molecular formula is C14H17F2NO2. The minimum absolute atomic E-state index is 0.0232. The van der Waals surface area contributed by atoms with Gasteiger partial charge in [0.2, 0.25) is 0 Å². The zero-order chi connectivity index (χ0) is 13.8. The maximum absolute atomic E-state index is 13.9. The minimum atomic E-state index is -0.632. The first-order chi connectivity index (χ1) is 9.15. The van der Waals surface area contributed by atoms with Crippen molar-refractivity contribution in [3.8, 4) is 0 Å². The second kappa shape index (κ2) is 6.12. The number of hydrogen-bond acceptors (Lipinski definition) is 3. The largest absolute Gasteiger partial charge is 0.392 e. The third-order valence-electron chi connectivity index (χ3n) is 3.21. The lowest BCUT2D eigenvalue weighted by Crippen LogP contribution is -2.31. The second-order valence-electron chi connectivity index (χ2n) is 4.56. The Labute approximate surface area is 111 Å². The van der Waals surface area contributed by atoms with Crippen LogP contribution in [0.25, 0.3) is 0 Å². The van der Waals surface area contributed by atoms with E-state index in [1.807, 2.05) is 6.08 Å². The quantitative estimate of drug-likeness (QED) is 0.851. The number of halogens is 2. The van der Waals surface area contributed by atoms with Crippen molar-refractivity contribution in [1.29, 1.82) is 0 Å². The molecule has 1 aliphatic rings. The Balaban J connectivity index is 2.20. The van der Waals surface area contributed by atoms with Crippen molar-refractivity contribution >= 4 is 5.69 Å². The predicted molar refractivity (Wildman–Crippen MR) is 69.1 cm³/mol. The Morgan fingerprint density at radius 3 is 2.47 bits per heavy atom. The lowest BCUT2D eigenvalue weighted by atomic mass is 10.1. The normalized spacial score (nSPS) is 15.6. The first-order valence-corrected chi connectivity index (χ1v) is 6.16. The highest BCUT2D eigenvalue weighted by Crippen LogP contribution is 2.27. The molecule has 104 valence electrons. The Morgan fingerprint density at radius 1 is 1.32 bits per heavy atom. The van der Waals surface area contributed by atoms with Crippen LogP contribution in [0.4, 0.5) is 14.5 Å². The van der Waals surface area contributed by atoms with Crippen molar-refractivity contribution in [2.45, 2.75) is 13.0 Å². The number of benzene rings is 1. The average molecular weight is 269 g/mol. The van der Waals surface area contributed by atoms with Gasteiger partial charge in [0.05, 0.1) is 13.2 Å². The van der Waals surface area contributed by atoms with Gasteiger partial charge in [-0.2, -0.15) is 0 Å². The molecule has 0 amide bonds. The molecule has 0 bridgehead atoms. The van der Waals surface area contributed by atoms with E-state index in [2.05, 4.69) is 0 Å². The Hall–Kier alpha value is -1.46. The molecule has 0 saturated carbocycles. The molecule has 0 saturated heterocycles. The Morgan fingerprint density at radius 2 is 2.00 bits per heavy atom. The van der Waals surface area contributed by atoms with E-state index in [0.717, 1.165) is 12.0 Å². The molecule has 0 aromatic heterocycles. The van der Waals surface area contributed by atoms with Gasteiger partial charge < -0.3 is 14.7 Å². The number of aliphatic hydroxyl groups is 1. The van der Waals surface area contributed by atoms with Gasteiger partial charge in [0.15, 0.2) is 0 Å². The van der Waals surface area contributed by atoms with Crippen LogP contribution in [-0.2, 0) is 11.3 Å². The predicted octanol–water partition coefficient (Wildman–Crippen LogP) is 2.24. The highest BCUT2D eigenvalue weighted by atomic mass is 19.1. The van der Waals surface area contributed by atoms with E-state index >= 15 is 0 Å². The third kappa shape index (κ3) is 3.11. The van der Waals surface area contributed by atoms with Crippen LogP contribution >= 0.6 is 0 Å². The summed E-state index contributed by atoms with van der Waals surface area (Å²) in [6.45, 7) is 1.21. The van der Waals surface area contributed by atoms with Gasteiger partial charge in [-0.15, -0.1) is 0 Å². The van der Waals surface area contributed by atoms with Gasteiger partial charge in [-0.3, -0.25) is 0 Å². The van der Waals surface area contributed by atoms with Crippen LogP contribution in [-0.4, -0.2) is 31.9 Å². The lowest BCUT2D eigenvalue weighted by Gasteiger charge is -2.29. The van der Waals surface area contributed by atoms with E-state index in [1.165, 1.54) is 12.1 Å². The maximum Gasteiger partial charge on any atom is 0.149 e. The molecule has 1 N–H and O–H groups in total. The van der Waals surface area contributed by atoms with E-state index in [0.29, 0.717) is 19.7 Å². The molecule has 1 aromatic carbocycles. The summed E-state index contributed by atoms with van der Waals surface area (Å²) < 4.78 is 32.8. The summed E-state index contributed by atoms with van der Waals surface area (Å²) in [6.07, 6.45) is 2.67. The van der Waals surface area contributed by atoms with Crippen molar-refractivity contribution in [2.75, 3.05) is 31.7 Å². The van der Waals surface area contributed by atoms with E-state index in [4.69, 9.17) is 9.84 Å². The number of methoxy groups -OCH3 is 1. The molecule has 3 nitrogen and oxygen atoms in total. The van der Waals surface area contributed by atoms with Gasteiger partial charge >= 0.3 is 0 Å². The number of aliphatic hydroxyl groups excluding tert-OH is 1. The van der Waals surface area contributed by atoms with Crippen molar-refractivity contribution < 1.29 is 18.6 Å². The molecule has 19 heavy (non-hydrogen) atoms. The topological polar surface area (TPSA) is 32.7 Å². The van der Waals surface area contributed by atoms with Gasteiger partial charge in [0, 0.05) is 20.2 Å². The Kier molecular flexibility index (Phi) is 4.50. The van der Waals surface area contributed by atoms with E-state index < -0.39 is 11.6 Å². The number of hydrogen-bond donors (Lipinski definition) is 1. The second-order valence-corrected chi connectivity index (χ2v) is 4.56. The summed E-state index contributed by atoms with van der Waals surface area (Å²) >= 11 is 0. The van der Waals surface area contributed by atoms with Gasteiger partial charge in [-0.25, -0.2) is 8.78 Å². The highest BCUT2D eigenvalue weighted by Gasteiger charge is 2.20. The summed E-state index contributed by atoms with van der Waals surface area (Å²) in [5, 5.41) is 8.91. The van der Waals surface area contributed by atoms with Crippen molar-refractivity contribution in [2.24, 2.45) is 0 Å². The molecule has 5 heteroatoms. The van der Waals surface area contributed by atoms with Crippen molar-refractivity contribution in [1.82, 2.24) is 0 Å². The van der Waals surface area contributed by atoms with Crippen LogP contribution in [0.1, 0.15) is 12.0 Å². The standard InChI is InChI=1S/C14H17F2NO2/c1-19-9-10-2-4-17(5-3-10)14-12(15)6-11(8-18)7-13(14)16/h2,6-7,18H,3-5,8-9H2,1H3. The minimum Gasteiger partial charge on any atom is -0.392 e. The van der Waals surface area contributed by atoms with E-state index in [9.17, 15) is 8.78 Å². The molecule has 0 atom stereocenters. The van der Waals surface area contributed by atoms with E-state index in [-0.39, 0.29) is 17.9 Å². The molecule has 0 fully saturated rings. The zero-order valence-electron chi connectivity index (χ0n) is 10.8. The van der Waals surface area contributed by atoms with Crippen LogP contribution < -0.4 is 4.90 Å². The fraction of sp³-hybridized carbons (Fsp3) is 0.429. The third-order valence-corrected chi connectivity index (χ3v) is 3.21. The molecule has 0 unspecified atom stereocenters. The van der Waals surface area contributed by atoms with Crippen LogP contribution in [0.2, 0.25) is 0 Å². The number of anilines is 1. The molecule has 2 rings (SSSR count). The fourth-order valence-electron chi connectivity index (χ4n) is 2.24. The Bertz CT molecular complexity index is 465. The van der Waals surface area contributed by atoms with Crippen molar-refractivity contribution in [3.05, 3.63) is 41.0 Å². The van der Waals surface area contributed by atoms with Crippen LogP contribution in [0.3, 0.4) is 0 Å². The average Bonchev–Trinajstić information content (AvgIpc) is 2.40. The number of rotatable bonds is 4. The molecule has 1 heterocycles. The van der Waals surface area contributed by atoms with Gasteiger partial charge in [0.25, 0.3) is 0 Å². The van der Waals surface area contributed by atoms with Crippen LogP contribution in [0.5, 0.6) is 0 Å².